The van der Waals surface area contributed by atoms with Gasteiger partial charge in [0.05, 0.1) is 0 Å². The molecule has 0 bridgehead atoms. The third-order valence-electron chi connectivity index (χ3n) is 3.27. The number of fused-ring (bicyclic) bond motifs is 1. The number of pyridine rings is 1. The number of hydrogen-bond acceptors (Lipinski definition) is 4. The van der Waals surface area contributed by atoms with E-state index in [2.05, 4.69) is 10.3 Å². The van der Waals surface area contributed by atoms with Crippen LogP contribution in [-0.4, -0.2) is 29.1 Å². The summed E-state index contributed by atoms with van der Waals surface area (Å²) < 4.78 is 5.44. The third kappa shape index (κ3) is 6.82. The molecule has 2 rings (SSSR count). The van der Waals surface area contributed by atoms with Crippen molar-refractivity contribution in [1.29, 1.82) is 0 Å². The van der Waals surface area contributed by atoms with Crippen LogP contribution < -0.4 is 5.32 Å². The molecule has 2 N–H and O–H groups in total. The Kier molecular flexibility index (Phi) is 9.90. The maximum absolute atomic E-state index is 10.4. The van der Waals surface area contributed by atoms with Crippen LogP contribution in [0.1, 0.15) is 45.4 Å². The average molecular weight is 322 g/mol. The number of aromatic nitrogens is 1. The summed E-state index contributed by atoms with van der Waals surface area (Å²) in [6.45, 7) is 12.0. The minimum atomic E-state index is -0.767. The molecule has 0 aliphatic carbocycles. The Morgan fingerprint density at radius 2 is 1.96 bits per heavy atom. The van der Waals surface area contributed by atoms with Gasteiger partial charge in [-0.15, -0.1) is 0 Å². The lowest BCUT2D eigenvalue weighted by Crippen LogP contribution is -2.34. The number of nitrogens with one attached hydrogen (secondary N) is 1. The van der Waals surface area contributed by atoms with E-state index in [0.29, 0.717) is 12.3 Å². The zero-order valence-corrected chi connectivity index (χ0v) is 15.3. The Morgan fingerprint density at radius 1 is 1.35 bits per heavy atom. The number of aliphatic carboxylic acids is 1. The molecule has 0 aliphatic rings. The van der Waals surface area contributed by atoms with E-state index < -0.39 is 5.97 Å². The summed E-state index contributed by atoms with van der Waals surface area (Å²) in [4.78, 5) is 14.6. The molecule has 1 unspecified atom stereocenters. The Bertz CT molecular complexity index is 591. The molecule has 1 atom stereocenters. The van der Waals surface area contributed by atoms with Gasteiger partial charge in [-0.1, -0.05) is 27.7 Å². The molecule has 23 heavy (non-hydrogen) atoms. The fraction of sp³-hybridized carbons (Fsp3) is 0.556. The van der Waals surface area contributed by atoms with Gasteiger partial charge in [0.25, 0.3) is 0 Å². The third-order valence-corrected chi connectivity index (χ3v) is 3.27. The first-order chi connectivity index (χ1) is 10.9. The van der Waals surface area contributed by atoms with Gasteiger partial charge >= 0.3 is 5.97 Å². The average Bonchev–Trinajstić information content (AvgIpc) is 2.82. The van der Waals surface area contributed by atoms with Crippen molar-refractivity contribution in [3.05, 3.63) is 29.7 Å². The number of rotatable bonds is 4. The number of carboxylic acid groups (broad SMARTS) is 1. The molecule has 5 nitrogen and oxygen atoms in total. The number of nitrogens with zero attached hydrogens (tertiary/aromatic N) is 1. The van der Waals surface area contributed by atoms with Crippen molar-refractivity contribution >= 4 is 17.1 Å². The number of carbonyl (C=O) groups is 1. The van der Waals surface area contributed by atoms with Crippen LogP contribution in [-0.2, 0) is 4.79 Å². The summed E-state index contributed by atoms with van der Waals surface area (Å²) in [5, 5.41) is 11.3. The van der Waals surface area contributed by atoms with Crippen molar-refractivity contribution in [1.82, 2.24) is 10.3 Å². The number of carboxylic acids is 1. The maximum Gasteiger partial charge on any atom is 0.320 e. The van der Waals surface area contributed by atoms with Gasteiger partial charge in [0, 0.05) is 11.8 Å². The molecular formula is C18H30N2O3. The number of hydrogen-bond donors (Lipinski definition) is 2. The Balaban J connectivity index is 0.000000383. The molecule has 2 aromatic heterocycles. The van der Waals surface area contributed by atoms with E-state index >= 15 is 0 Å². The highest BCUT2D eigenvalue weighted by Crippen LogP contribution is 2.21. The van der Waals surface area contributed by atoms with Crippen LogP contribution in [0.4, 0.5) is 0 Å². The van der Waals surface area contributed by atoms with Crippen LogP contribution in [0.3, 0.4) is 0 Å². The van der Waals surface area contributed by atoms with Gasteiger partial charge in [-0.05, 0) is 45.4 Å². The van der Waals surface area contributed by atoms with E-state index in [-0.39, 0.29) is 6.04 Å². The van der Waals surface area contributed by atoms with Crippen molar-refractivity contribution in [2.24, 2.45) is 5.92 Å². The molecule has 0 aliphatic heterocycles. The Morgan fingerprint density at radius 3 is 2.35 bits per heavy atom. The summed E-state index contributed by atoms with van der Waals surface area (Å²) in [5.74, 6) is 0.614. The van der Waals surface area contributed by atoms with E-state index in [0.717, 1.165) is 22.4 Å². The second-order valence-corrected chi connectivity index (χ2v) is 5.44. The lowest BCUT2D eigenvalue weighted by atomic mass is 10.0. The van der Waals surface area contributed by atoms with Crippen LogP contribution >= 0.6 is 0 Å². The summed E-state index contributed by atoms with van der Waals surface area (Å²) >= 11 is 0. The number of furan rings is 1. The normalized spacial score (nSPS) is 11.3. The molecule has 0 spiro atoms. The van der Waals surface area contributed by atoms with Crippen LogP contribution in [0.2, 0.25) is 0 Å². The SMILES string of the molecule is CC.CNC(CC(C)C)C(=O)O.Cc1oc2cccnc2c1C. The van der Waals surface area contributed by atoms with Crippen LogP contribution in [0, 0.1) is 19.8 Å². The van der Waals surface area contributed by atoms with Crippen molar-refractivity contribution < 1.29 is 14.3 Å². The summed E-state index contributed by atoms with van der Waals surface area (Å²) in [5.41, 5.74) is 2.99. The fourth-order valence-corrected chi connectivity index (χ4v) is 1.98. The van der Waals surface area contributed by atoms with E-state index in [1.165, 1.54) is 0 Å². The van der Waals surface area contributed by atoms with Crippen LogP contribution in [0.25, 0.3) is 11.1 Å². The van der Waals surface area contributed by atoms with Crippen molar-refractivity contribution in [2.75, 3.05) is 7.05 Å². The van der Waals surface area contributed by atoms with E-state index in [1.807, 2.05) is 53.7 Å². The largest absolute Gasteiger partial charge is 0.480 e. The van der Waals surface area contributed by atoms with Gasteiger partial charge in [0.15, 0.2) is 5.58 Å². The second-order valence-electron chi connectivity index (χ2n) is 5.44. The Hall–Kier alpha value is -1.88. The van der Waals surface area contributed by atoms with Crippen LogP contribution in [0.15, 0.2) is 22.7 Å². The minimum Gasteiger partial charge on any atom is -0.480 e. The smallest absolute Gasteiger partial charge is 0.320 e. The zero-order chi connectivity index (χ0) is 18.0. The van der Waals surface area contributed by atoms with Crippen molar-refractivity contribution in [2.45, 2.75) is 54.0 Å². The van der Waals surface area contributed by atoms with Gasteiger partial charge in [-0.25, -0.2) is 0 Å². The Labute approximate surface area is 139 Å². The molecule has 2 heterocycles. The van der Waals surface area contributed by atoms with Gasteiger partial charge in [0.2, 0.25) is 0 Å². The second kappa shape index (κ2) is 10.8. The number of likely N-dealkylation sites (N-methyl/N-ethyl adjacent to an activating group) is 1. The highest BCUT2D eigenvalue weighted by atomic mass is 16.4. The molecule has 0 fully saturated rings. The van der Waals surface area contributed by atoms with Crippen molar-refractivity contribution in [3.8, 4) is 0 Å². The minimum absolute atomic E-state index is 0.389. The molecule has 2 aromatic rings. The summed E-state index contributed by atoms with van der Waals surface area (Å²) in [6.07, 6.45) is 2.47. The lowest BCUT2D eigenvalue weighted by Gasteiger charge is -2.12. The number of aryl methyl sites for hydroxylation is 2. The fourth-order valence-electron chi connectivity index (χ4n) is 1.98. The van der Waals surface area contributed by atoms with Gasteiger partial charge in [-0.2, -0.15) is 0 Å². The molecule has 130 valence electrons. The van der Waals surface area contributed by atoms with Crippen molar-refractivity contribution in [3.63, 3.8) is 0 Å². The zero-order valence-electron chi connectivity index (χ0n) is 15.3. The topological polar surface area (TPSA) is 75.4 Å². The van der Waals surface area contributed by atoms with Gasteiger partial charge in [0.1, 0.15) is 17.3 Å². The van der Waals surface area contributed by atoms with Gasteiger partial charge < -0.3 is 14.8 Å². The summed E-state index contributed by atoms with van der Waals surface area (Å²) in [6, 6.07) is 3.42. The predicted octanol–water partition coefficient (Wildman–Crippen LogP) is 4.18. The quantitative estimate of drug-likeness (QED) is 0.883. The first kappa shape index (κ1) is 21.1. The standard InChI is InChI=1S/C9H9NO.C7H15NO2.C2H6/c1-6-7(2)11-8-4-3-5-10-9(6)8;1-5(2)4-6(8-3)7(9)10;1-2/h3-5H,1-2H3;5-6,8H,4H2,1-3H3,(H,9,10);1-2H3. The molecule has 5 heteroatoms. The van der Waals surface area contributed by atoms with E-state index in [4.69, 9.17) is 9.52 Å². The van der Waals surface area contributed by atoms with Crippen LogP contribution in [0.5, 0.6) is 0 Å². The monoisotopic (exact) mass is 322 g/mol. The highest BCUT2D eigenvalue weighted by Gasteiger charge is 2.15. The molecule has 0 amide bonds. The predicted molar refractivity (Wildman–Crippen MR) is 94.8 cm³/mol. The molecular weight excluding hydrogens is 292 g/mol. The molecule has 0 radical (unpaired) electrons. The molecule has 0 aromatic carbocycles. The van der Waals surface area contributed by atoms with Gasteiger partial charge in [-0.3, -0.25) is 9.78 Å². The van der Waals surface area contributed by atoms with E-state index in [1.54, 1.807) is 13.2 Å². The maximum atomic E-state index is 10.4. The first-order valence-electron chi connectivity index (χ1n) is 8.07. The highest BCUT2D eigenvalue weighted by molar-refractivity contribution is 5.77. The molecule has 0 saturated carbocycles. The summed E-state index contributed by atoms with van der Waals surface area (Å²) in [7, 11) is 1.67. The lowest BCUT2D eigenvalue weighted by molar-refractivity contribution is -0.139. The first-order valence-corrected chi connectivity index (χ1v) is 8.07. The molecule has 0 saturated heterocycles. The van der Waals surface area contributed by atoms with E-state index in [9.17, 15) is 4.79 Å².